The van der Waals surface area contributed by atoms with Crippen LogP contribution in [0.5, 0.6) is 0 Å². The SMILES string of the molecule is O=C(O)c1cc2c(=O)[nH]c(-c3cnc4ccccc4c3)cn2n1. The summed E-state index contributed by atoms with van der Waals surface area (Å²) in [6, 6.07) is 10.8. The Morgan fingerprint density at radius 2 is 2.04 bits per heavy atom. The number of nitrogens with zero attached hydrogens (tertiary/aromatic N) is 3. The highest BCUT2D eigenvalue weighted by Crippen LogP contribution is 2.20. The number of carbonyl (C=O) groups is 1. The number of aromatic amines is 1. The van der Waals surface area contributed by atoms with Crippen LogP contribution in [0.25, 0.3) is 27.7 Å². The minimum atomic E-state index is -1.18. The Bertz CT molecular complexity index is 1130. The molecule has 4 rings (SSSR count). The molecule has 0 saturated carbocycles. The first-order chi connectivity index (χ1) is 11.1. The lowest BCUT2D eigenvalue weighted by atomic mass is 10.1. The van der Waals surface area contributed by atoms with E-state index in [1.807, 2.05) is 30.3 Å². The van der Waals surface area contributed by atoms with Crippen molar-refractivity contribution in [1.29, 1.82) is 0 Å². The average Bonchev–Trinajstić information content (AvgIpc) is 2.99. The lowest BCUT2D eigenvalue weighted by molar-refractivity contribution is 0.0690. The number of carboxylic acids is 1. The topological polar surface area (TPSA) is 100 Å². The Kier molecular flexibility index (Phi) is 2.74. The normalized spacial score (nSPS) is 11.1. The molecule has 0 spiro atoms. The van der Waals surface area contributed by atoms with Crippen LogP contribution in [-0.4, -0.2) is 30.7 Å². The summed E-state index contributed by atoms with van der Waals surface area (Å²) in [6.45, 7) is 0. The number of hydrogen-bond acceptors (Lipinski definition) is 4. The van der Waals surface area contributed by atoms with Gasteiger partial charge in [0, 0.05) is 23.2 Å². The fraction of sp³-hybridized carbons (Fsp3) is 0. The Morgan fingerprint density at radius 1 is 1.22 bits per heavy atom. The van der Waals surface area contributed by atoms with Crippen LogP contribution < -0.4 is 5.56 Å². The standard InChI is InChI=1S/C16H10N4O3/c21-15-14-6-12(16(22)23)19-20(14)8-13(18-15)10-5-9-3-1-2-4-11(9)17-7-10/h1-8H,(H,18,21)(H,22,23). The van der Waals surface area contributed by atoms with Crippen LogP contribution >= 0.6 is 0 Å². The van der Waals surface area contributed by atoms with E-state index < -0.39 is 11.5 Å². The number of pyridine rings is 1. The Balaban J connectivity index is 1.93. The van der Waals surface area contributed by atoms with Gasteiger partial charge < -0.3 is 10.1 Å². The largest absolute Gasteiger partial charge is 0.476 e. The van der Waals surface area contributed by atoms with E-state index in [2.05, 4.69) is 15.1 Å². The number of para-hydroxylation sites is 1. The fourth-order valence-electron chi connectivity index (χ4n) is 2.47. The summed E-state index contributed by atoms with van der Waals surface area (Å²) < 4.78 is 1.27. The lowest BCUT2D eigenvalue weighted by Crippen LogP contribution is -2.10. The maximum Gasteiger partial charge on any atom is 0.356 e. The van der Waals surface area contributed by atoms with Gasteiger partial charge in [-0.3, -0.25) is 9.78 Å². The Labute approximate surface area is 128 Å². The molecule has 23 heavy (non-hydrogen) atoms. The van der Waals surface area contributed by atoms with Gasteiger partial charge in [0.2, 0.25) is 0 Å². The molecule has 7 heteroatoms. The van der Waals surface area contributed by atoms with Gasteiger partial charge in [-0.2, -0.15) is 5.10 Å². The van der Waals surface area contributed by atoms with Crippen molar-refractivity contribution < 1.29 is 9.90 Å². The van der Waals surface area contributed by atoms with Crippen LogP contribution in [0.3, 0.4) is 0 Å². The number of benzene rings is 1. The first kappa shape index (κ1) is 13.2. The molecule has 0 saturated heterocycles. The maximum absolute atomic E-state index is 12.1. The maximum atomic E-state index is 12.1. The quantitative estimate of drug-likeness (QED) is 0.589. The third-order valence-electron chi connectivity index (χ3n) is 3.59. The van der Waals surface area contributed by atoms with Crippen LogP contribution in [0.4, 0.5) is 0 Å². The van der Waals surface area contributed by atoms with Crippen LogP contribution in [0.2, 0.25) is 0 Å². The highest BCUT2D eigenvalue weighted by Gasteiger charge is 2.12. The number of aromatic carboxylic acids is 1. The predicted molar refractivity (Wildman–Crippen MR) is 83.5 cm³/mol. The van der Waals surface area contributed by atoms with Crippen molar-refractivity contribution >= 4 is 22.4 Å². The molecule has 0 aliphatic heterocycles. The van der Waals surface area contributed by atoms with Gasteiger partial charge in [0.05, 0.1) is 17.4 Å². The molecule has 112 valence electrons. The number of carboxylic acid groups (broad SMARTS) is 1. The lowest BCUT2D eigenvalue weighted by Gasteiger charge is -2.04. The zero-order valence-electron chi connectivity index (χ0n) is 11.7. The van der Waals surface area contributed by atoms with Gasteiger partial charge in [0.1, 0.15) is 5.52 Å². The number of fused-ring (bicyclic) bond motifs is 2. The molecule has 0 radical (unpaired) electrons. The molecule has 0 fully saturated rings. The van der Waals surface area contributed by atoms with Crippen molar-refractivity contribution in [1.82, 2.24) is 19.6 Å². The summed E-state index contributed by atoms with van der Waals surface area (Å²) in [4.78, 5) is 30.2. The second-order valence-corrected chi connectivity index (χ2v) is 5.08. The van der Waals surface area contributed by atoms with E-state index >= 15 is 0 Å². The van der Waals surface area contributed by atoms with Crippen molar-refractivity contribution in [2.24, 2.45) is 0 Å². The van der Waals surface area contributed by atoms with Gasteiger partial charge in [0.25, 0.3) is 5.56 Å². The summed E-state index contributed by atoms with van der Waals surface area (Å²) in [5.74, 6) is -1.18. The minimum absolute atomic E-state index is 0.177. The van der Waals surface area contributed by atoms with E-state index in [0.717, 1.165) is 16.5 Å². The van der Waals surface area contributed by atoms with Crippen molar-refractivity contribution in [2.45, 2.75) is 0 Å². The number of nitrogens with one attached hydrogen (secondary N) is 1. The monoisotopic (exact) mass is 306 g/mol. The van der Waals surface area contributed by atoms with E-state index in [9.17, 15) is 9.59 Å². The third kappa shape index (κ3) is 2.15. The first-order valence-electron chi connectivity index (χ1n) is 6.83. The zero-order chi connectivity index (χ0) is 16.0. The predicted octanol–water partition coefficient (Wildman–Crippen LogP) is 1.94. The van der Waals surface area contributed by atoms with Crippen LogP contribution in [-0.2, 0) is 0 Å². The van der Waals surface area contributed by atoms with E-state index in [-0.39, 0.29) is 11.2 Å². The van der Waals surface area contributed by atoms with Crippen molar-refractivity contribution in [3.05, 3.63) is 64.8 Å². The fourth-order valence-corrected chi connectivity index (χ4v) is 2.47. The van der Waals surface area contributed by atoms with Crippen molar-refractivity contribution in [3.63, 3.8) is 0 Å². The van der Waals surface area contributed by atoms with Crippen molar-refractivity contribution in [3.8, 4) is 11.3 Å². The number of aromatic nitrogens is 4. The van der Waals surface area contributed by atoms with Gasteiger partial charge in [-0.05, 0) is 12.1 Å². The molecule has 0 atom stereocenters. The molecule has 3 aromatic heterocycles. The van der Waals surface area contributed by atoms with E-state index in [0.29, 0.717) is 5.69 Å². The summed E-state index contributed by atoms with van der Waals surface area (Å²) >= 11 is 0. The molecular weight excluding hydrogens is 296 g/mol. The van der Waals surface area contributed by atoms with Crippen molar-refractivity contribution in [2.75, 3.05) is 0 Å². The summed E-state index contributed by atoms with van der Waals surface area (Å²) in [6.07, 6.45) is 3.23. The van der Waals surface area contributed by atoms with Gasteiger partial charge in [-0.25, -0.2) is 9.31 Å². The van der Waals surface area contributed by atoms with E-state index in [4.69, 9.17) is 5.11 Å². The second kappa shape index (κ2) is 4.77. The Morgan fingerprint density at radius 3 is 2.87 bits per heavy atom. The van der Waals surface area contributed by atoms with Crippen LogP contribution in [0.1, 0.15) is 10.5 Å². The second-order valence-electron chi connectivity index (χ2n) is 5.08. The van der Waals surface area contributed by atoms with E-state index in [1.54, 1.807) is 12.4 Å². The smallest absolute Gasteiger partial charge is 0.356 e. The molecule has 1 aromatic carbocycles. The molecule has 2 N–H and O–H groups in total. The molecular formula is C16H10N4O3. The highest BCUT2D eigenvalue weighted by atomic mass is 16.4. The van der Waals surface area contributed by atoms with Gasteiger partial charge >= 0.3 is 5.97 Å². The van der Waals surface area contributed by atoms with Gasteiger partial charge in [-0.15, -0.1) is 0 Å². The Hall–Kier alpha value is -3.48. The zero-order valence-corrected chi connectivity index (χ0v) is 11.7. The van der Waals surface area contributed by atoms with E-state index in [1.165, 1.54) is 10.6 Å². The molecule has 0 amide bonds. The molecule has 4 aromatic rings. The van der Waals surface area contributed by atoms with Crippen LogP contribution in [0, 0.1) is 0 Å². The first-order valence-corrected chi connectivity index (χ1v) is 6.83. The summed E-state index contributed by atoms with van der Waals surface area (Å²) in [5.41, 5.74) is 1.68. The number of H-pyrrole nitrogens is 1. The van der Waals surface area contributed by atoms with Gasteiger partial charge in [-0.1, -0.05) is 18.2 Å². The molecule has 7 nitrogen and oxygen atoms in total. The van der Waals surface area contributed by atoms with Gasteiger partial charge in [0.15, 0.2) is 5.69 Å². The third-order valence-corrected chi connectivity index (χ3v) is 3.59. The molecule has 0 unspecified atom stereocenters. The number of rotatable bonds is 2. The van der Waals surface area contributed by atoms with Crippen LogP contribution in [0.15, 0.2) is 53.6 Å². The number of hydrogen-bond donors (Lipinski definition) is 2. The molecule has 0 aliphatic carbocycles. The highest BCUT2D eigenvalue weighted by molar-refractivity contribution is 5.87. The molecule has 0 aliphatic rings. The minimum Gasteiger partial charge on any atom is -0.476 e. The summed E-state index contributed by atoms with van der Waals surface area (Å²) in [5, 5.41) is 13.8. The molecule has 0 bridgehead atoms. The summed E-state index contributed by atoms with van der Waals surface area (Å²) in [7, 11) is 0. The average molecular weight is 306 g/mol. The molecule has 3 heterocycles.